The molecule has 2 fully saturated rings. The summed E-state index contributed by atoms with van der Waals surface area (Å²) in [5.41, 5.74) is 8.28. The lowest BCUT2D eigenvalue weighted by Gasteiger charge is -2.45. The topological polar surface area (TPSA) is 242 Å². The highest BCUT2D eigenvalue weighted by atomic mass is 16.7. The summed E-state index contributed by atoms with van der Waals surface area (Å²) in [5.74, 6) is -2.32. The first kappa shape index (κ1) is 27.1. The van der Waals surface area contributed by atoms with Crippen LogP contribution >= 0.6 is 0 Å². The van der Waals surface area contributed by atoms with E-state index in [2.05, 4.69) is 15.3 Å². The fourth-order valence-corrected chi connectivity index (χ4v) is 3.47. The summed E-state index contributed by atoms with van der Waals surface area (Å²) in [4.78, 5) is 26.8. The van der Waals surface area contributed by atoms with Crippen molar-refractivity contribution < 1.29 is 58.8 Å². The van der Waals surface area contributed by atoms with Gasteiger partial charge in [0.15, 0.2) is 24.8 Å². The highest BCUT2D eigenvalue weighted by molar-refractivity contribution is 5.81. The lowest BCUT2D eigenvalue weighted by Crippen LogP contribution is -2.66. The molecule has 188 valence electrons. The van der Waals surface area contributed by atoms with Gasteiger partial charge in [-0.05, 0) is 12.0 Å². The van der Waals surface area contributed by atoms with Crippen LogP contribution in [0.4, 0.5) is 0 Å². The molecule has 0 spiro atoms. The summed E-state index contributed by atoms with van der Waals surface area (Å²) >= 11 is 0. The van der Waals surface area contributed by atoms with Gasteiger partial charge < -0.3 is 54.5 Å². The van der Waals surface area contributed by atoms with Crippen molar-refractivity contribution in [1.82, 2.24) is 5.32 Å². The monoisotopic (exact) mass is 480 g/mol. The lowest BCUT2D eigenvalue weighted by molar-refractivity contribution is -0.348. The number of carbonyl (C=O) groups excluding carboxylic acids is 1. The average Bonchev–Trinajstić information content (AvgIpc) is 2.79. The molecule has 2 rings (SSSR count). The number of ether oxygens (including phenoxy) is 5. The maximum Gasteiger partial charge on any atom is 0.335 e. The zero-order valence-electron chi connectivity index (χ0n) is 17.8. The first-order valence-electron chi connectivity index (χ1n) is 9.93. The predicted octanol–water partition coefficient (Wildman–Crippen LogP) is -3.17. The highest BCUT2D eigenvalue weighted by Gasteiger charge is 2.54. The number of hydrogen-bond acceptors (Lipinski definition) is 12. The number of rotatable bonds is 10. The molecule has 0 aromatic heterocycles. The van der Waals surface area contributed by atoms with Gasteiger partial charge in [0.2, 0.25) is 0 Å². The van der Waals surface area contributed by atoms with Crippen molar-refractivity contribution in [2.24, 2.45) is 5.11 Å². The highest BCUT2D eigenvalue weighted by Crippen LogP contribution is 2.30. The van der Waals surface area contributed by atoms with Gasteiger partial charge in [0.1, 0.15) is 36.6 Å². The number of aliphatic hydroxyl groups is 4. The normalized spacial score (nSPS) is 38.8. The van der Waals surface area contributed by atoms with Crippen LogP contribution in [0.1, 0.15) is 6.42 Å². The number of aliphatic carboxylic acids is 1. The number of nitrogens with one attached hydrogen (secondary N) is 1. The molecule has 0 radical (unpaired) electrons. The van der Waals surface area contributed by atoms with E-state index in [9.17, 15) is 35.1 Å². The van der Waals surface area contributed by atoms with Crippen LogP contribution < -0.4 is 5.32 Å². The Hall–Kier alpha value is -2.11. The number of amides is 1. The van der Waals surface area contributed by atoms with Gasteiger partial charge in [-0.15, -0.1) is 0 Å². The fourth-order valence-electron chi connectivity index (χ4n) is 3.47. The summed E-state index contributed by atoms with van der Waals surface area (Å²) in [6.45, 7) is 0.181. The van der Waals surface area contributed by atoms with Gasteiger partial charge in [-0.1, -0.05) is 5.11 Å². The van der Waals surface area contributed by atoms with E-state index in [1.165, 1.54) is 7.11 Å². The second kappa shape index (κ2) is 12.4. The Bertz CT molecular complexity index is 722. The molecule has 0 aliphatic carbocycles. The van der Waals surface area contributed by atoms with Crippen LogP contribution in [0, 0.1) is 0 Å². The molecule has 2 aliphatic heterocycles. The van der Waals surface area contributed by atoms with Gasteiger partial charge in [0.25, 0.3) is 5.91 Å². The second-order valence-corrected chi connectivity index (χ2v) is 7.29. The molecule has 33 heavy (non-hydrogen) atoms. The summed E-state index contributed by atoms with van der Waals surface area (Å²) in [5, 5.41) is 56.5. The second-order valence-electron chi connectivity index (χ2n) is 7.29. The van der Waals surface area contributed by atoms with Gasteiger partial charge in [-0.25, -0.2) is 4.79 Å². The van der Waals surface area contributed by atoms with E-state index in [0.717, 1.165) is 7.11 Å². The molecule has 0 bridgehead atoms. The van der Waals surface area contributed by atoms with Crippen LogP contribution in [0.5, 0.6) is 0 Å². The van der Waals surface area contributed by atoms with Gasteiger partial charge in [-0.3, -0.25) is 4.79 Å². The van der Waals surface area contributed by atoms with Crippen LogP contribution in [0.2, 0.25) is 0 Å². The molecule has 16 heteroatoms. The van der Waals surface area contributed by atoms with Crippen LogP contribution in [0.25, 0.3) is 10.4 Å². The first-order valence-corrected chi connectivity index (χ1v) is 9.93. The van der Waals surface area contributed by atoms with Gasteiger partial charge in [0.05, 0.1) is 0 Å². The molecule has 2 aliphatic rings. The Labute approximate surface area is 187 Å². The number of aliphatic hydroxyl groups excluding tert-OH is 4. The minimum Gasteiger partial charge on any atom is -0.479 e. The van der Waals surface area contributed by atoms with Crippen molar-refractivity contribution in [3.05, 3.63) is 10.4 Å². The molecular formula is C17H28N4O12. The maximum absolute atomic E-state index is 12.7. The van der Waals surface area contributed by atoms with E-state index >= 15 is 0 Å². The Morgan fingerprint density at radius 1 is 0.970 bits per heavy atom. The summed E-state index contributed by atoms with van der Waals surface area (Å²) in [6.07, 6.45) is -16.4. The third-order valence-electron chi connectivity index (χ3n) is 5.18. The van der Waals surface area contributed by atoms with Crippen molar-refractivity contribution >= 4 is 11.9 Å². The van der Waals surface area contributed by atoms with Crippen molar-refractivity contribution in [1.29, 1.82) is 0 Å². The largest absolute Gasteiger partial charge is 0.479 e. The molecule has 2 heterocycles. The van der Waals surface area contributed by atoms with Gasteiger partial charge in [-0.2, -0.15) is 0 Å². The van der Waals surface area contributed by atoms with Crippen LogP contribution in [0.15, 0.2) is 5.11 Å². The van der Waals surface area contributed by atoms with Crippen LogP contribution in [-0.2, 0) is 33.3 Å². The van der Waals surface area contributed by atoms with Crippen LogP contribution in [0.3, 0.4) is 0 Å². The molecule has 6 N–H and O–H groups in total. The average molecular weight is 480 g/mol. The van der Waals surface area contributed by atoms with Gasteiger partial charge in [0, 0.05) is 32.2 Å². The first-order chi connectivity index (χ1) is 15.7. The van der Waals surface area contributed by atoms with E-state index < -0.39 is 73.3 Å². The number of azide groups is 1. The number of carbonyl (C=O) groups is 2. The van der Waals surface area contributed by atoms with Crippen LogP contribution in [-0.4, -0.2) is 126 Å². The third kappa shape index (κ3) is 6.27. The quantitative estimate of drug-likeness (QED) is 0.0785. The number of nitrogens with zero attached hydrogens (tertiary/aromatic N) is 3. The smallest absolute Gasteiger partial charge is 0.335 e. The Kier molecular flexibility index (Phi) is 10.2. The Morgan fingerprint density at radius 2 is 1.58 bits per heavy atom. The molecular weight excluding hydrogens is 452 g/mol. The minimum absolute atomic E-state index is 0.0681. The van der Waals surface area contributed by atoms with E-state index in [-0.39, 0.29) is 13.1 Å². The van der Waals surface area contributed by atoms with Crippen molar-refractivity contribution in [3.63, 3.8) is 0 Å². The van der Waals surface area contributed by atoms with E-state index in [1.54, 1.807) is 0 Å². The zero-order chi connectivity index (χ0) is 24.7. The Morgan fingerprint density at radius 3 is 2.15 bits per heavy atom. The van der Waals surface area contributed by atoms with Crippen molar-refractivity contribution in [2.45, 2.75) is 67.8 Å². The summed E-state index contributed by atoms with van der Waals surface area (Å²) in [6, 6.07) is 0. The van der Waals surface area contributed by atoms with Gasteiger partial charge >= 0.3 is 5.97 Å². The third-order valence-corrected chi connectivity index (χ3v) is 5.18. The lowest BCUT2D eigenvalue weighted by atomic mass is 9.96. The Balaban J connectivity index is 2.20. The molecule has 10 atom stereocenters. The number of carboxylic acids is 1. The molecule has 10 unspecified atom stereocenters. The maximum atomic E-state index is 12.7. The fraction of sp³-hybridized carbons (Fsp3) is 0.882. The predicted molar refractivity (Wildman–Crippen MR) is 103 cm³/mol. The number of carboxylic acid groups (broad SMARTS) is 1. The molecule has 1 amide bonds. The minimum atomic E-state index is -1.83. The molecule has 0 saturated carbocycles. The van der Waals surface area contributed by atoms with E-state index in [1.807, 2.05) is 0 Å². The standard InChI is InChI=1S/C17H28N4O12/c1-29-10-6(22)9(25)17(33-13(10)15(27)28)31-11-7(23)8(24)16(30-2)32-12(11)14(26)19-4-3-5-20-21-18/h6-13,16-17,22-25H,3-5H2,1-2H3,(H,19,26)(H,27,28). The summed E-state index contributed by atoms with van der Waals surface area (Å²) in [7, 11) is 2.28. The molecule has 16 nitrogen and oxygen atoms in total. The molecule has 0 aromatic carbocycles. The SMILES string of the molecule is COC1OC(C(=O)NCCCN=[N+]=[N-])C(OC2OC(C(=O)O)C(OC)C(O)C2O)C(O)C1O. The van der Waals surface area contributed by atoms with Crippen molar-refractivity contribution in [3.8, 4) is 0 Å². The number of methoxy groups -OCH3 is 2. The van der Waals surface area contributed by atoms with E-state index in [4.69, 9.17) is 29.2 Å². The van der Waals surface area contributed by atoms with Crippen molar-refractivity contribution in [2.75, 3.05) is 27.3 Å². The summed E-state index contributed by atoms with van der Waals surface area (Å²) < 4.78 is 25.9. The molecule has 2 saturated heterocycles. The molecule has 0 aromatic rings. The van der Waals surface area contributed by atoms with E-state index in [0.29, 0.717) is 6.42 Å². The zero-order valence-corrected chi connectivity index (χ0v) is 17.8. The number of hydrogen-bond donors (Lipinski definition) is 6.